The molecule has 4 rings (SSSR count). The van der Waals surface area contributed by atoms with Gasteiger partial charge in [0.25, 0.3) is 0 Å². The number of nitrogens with zero attached hydrogens (tertiary/aromatic N) is 2. The Morgan fingerprint density at radius 2 is 1.89 bits per heavy atom. The van der Waals surface area contributed by atoms with Gasteiger partial charge in [-0.2, -0.15) is 5.26 Å². The molecule has 2 heterocycles. The number of fused-ring (bicyclic) bond motifs is 1. The summed E-state index contributed by atoms with van der Waals surface area (Å²) < 4.78 is 27.5. The maximum Gasteiger partial charge on any atom is 0.231 e. The highest BCUT2D eigenvalue weighted by Gasteiger charge is 2.52. The van der Waals surface area contributed by atoms with Crippen LogP contribution in [0.15, 0.2) is 59.1 Å². The molecule has 1 amide bonds. The monoisotopic (exact) mass is 384 g/mol. The Bertz CT molecular complexity index is 1000. The average molecular weight is 384 g/mol. The molecule has 2 aliphatic heterocycles. The molecule has 27 heavy (non-hydrogen) atoms. The molecule has 0 bridgehead atoms. The molecule has 4 nitrogen and oxygen atoms in total. The van der Waals surface area contributed by atoms with Crippen LogP contribution in [0.4, 0.5) is 8.78 Å². The number of carbonyl (C=O) groups excluding carboxylic acids is 1. The van der Waals surface area contributed by atoms with E-state index in [1.807, 2.05) is 0 Å². The minimum Gasteiger partial charge on any atom is -0.366 e. The number of amides is 1. The van der Waals surface area contributed by atoms with E-state index in [1.165, 1.54) is 47.0 Å². The molecule has 0 aromatic heterocycles. The lowest BCUT2D eigenvalue weighted by atomic mass is 9.85. The number of thioether (sulfide) groups is 1. The fourth-order valence-electron chi connectivity index (χ4n) is 3.58. The first kappa shape index (κ1) is 17.7. The minimum atomic E-state index is -1.67. The van der Waals surface area contributed by atoms with Gasteiger partial charge in [-0.1, -0.05) is 30.3 Å². The molecular weight excluding hydrogens is 370 g/mol. The molecule has 0 radical (unpaired) electrons. The number of rotatable bonds is 2. The predicted octanol–water partition coefficient (Wildman–Crippen LogP) is 3.61. The Hall–Kier alpha value is -2.69. The summed E-state index contributed by atoms with van der Waals surface area (Å²) in [6.07, 6.45) is -0.128. The lowest BCUT2D eigenvalue weighted by molar-refractivity contribution is -0.149. The number of benzene rings is 2. The van der Waals surface area contributed by atoms with Gasteiger partial charge in [-0.25, -0.2) is 8.78 Å². The molecule has 0 aliphatic carbocycles. The molecule has 2 atom stereocenters. The van der Waals surface area contributed by atoms with Crippen LogP contribution in [-0.2, 0) is 10.5 Å². The number of hydrogen-bond donors (Lipinski definition) is 1. The van der Waals surface area contributed by atoms with Gasteiger partial charge < -0.3 is 5.11 Å². The van der Waals surface area contributed by atoms with Gasteiger partial charge in [0.05, 0.1) is 22.4 Å². The van der Waals surface area contributed by atoms with Gasteiger partial charge in [-0.3, -0.25) is 9.69 Å². The van der Waals surface area contributed by atoms with Crippen LogP contribution < -0.4 is 0 Å². The van der Waals surface area contributed by atoms with Crippen molar-refractivity contribution in [2.75, 3.05) is 5.75 Å². The van der Waals surface area contributed by atoms with Gasteiger partial charge >= 0.3 is 0 Å². The Balaban J connectivity index is 1.83. The van der Waals surface area contributed by atoms with E-state index < -0.39 is 29.2 Å². The summed E-state index contributed by atoms with van der Waals surface area (Å²) in [7, 11) is 0. The number of aliphatic hydroxyl groups is 1. The van der Waals surface area contributed by atoms with E-state index in [-0.39, 0.29) is 23.3 Å². The van der Waals surface area contributed by atoms with Crippen molar-refractivity contribution in [2.45, 2.75) is 18.1 Å². The third-order valence-electron chi connectivity index (χ3n) is 4.90. The average Bonchev–Trinajstić information content (AvgIpc) is 3.02. The van der Waals surface area contributed by atoms with E-state index in [0.29, 0.717) is 10.6 Å². The van der Waals surface area contributed by atoms with Crippen molar-refractivity contribution in [3.8, 4) is 6.07 Å². The predicted molar refractivity (Wildman–Crippen MR) is 96.0 cm³/mol. The number of halogens is 2. The molecule has 2 aromatic rings. The van der Waals surface area contributed by atoms with Gasteiger partial charge in [0.2, 0.25) is 5.91 Å². The van der Waals surface area contributed by atoms with Gasteiger partial charge in [-0.05, 0) is 23.8 Å². The molecule has 2 aromatic carbocycles. The summed E-state index contributed by atoms with van der Waals surface area (Å²) >= 11 is 1.17. The van der Waals surface area contributed by atoms with Crippen molar-refractivity contribution in [1.29, 1.82) is 5.26 Å². The van der Waals surface area contributed by atoms with Crippen LogP contribution in [0.3, 0.4) is 0 Å². The van der Waals surface area contributed by atoms with Crippen molar-refractivity contribution in [2.24, 2.45) is 0 Å². The second-order valence-electron chi connectivity index (χ2n) is 6.45. The highest BCUT2D eigenvalue weighted by Crippen LogP contribution is 2.51. The first-order valence-electron chi connectivity index (χ1n) is 8.28. The summed E-state index contributed by atoms with van der Waals surface area (Å²) in [5.41, 5.74) is -0.774. The lowest BCUT2D eigenvalue weighted by Crippen LogP contribution is -2.48. The molecule has 1 N–H and O–H groups in total. The van der Waals surface area contributed by atoms with Crippen LogP contribution in [0.25, 0.3) is 0 Å². The maximum atomic E-state index is 14.3. The number of nitriles is 1. The van der Waals surface area contributed by atoms with Gasteiger partial charge in [0, 0.05) is 17.9 Å². The van der Waals surface area contributed by atoms with Crippen molar-refractivity contribution in [1.82, 2.24) is 4.90 Å². The zero-order valence-corrected chi connectivity index (χ0v) is 14.8. The molecule has 0 unspecified atom stereocenters. The second-order valence-corrected chi connectivity index (χ2v) is 7.41. The second kappa shape index (κ2) is 6.48. The SMILES string of the molecule is N#CC1=C2SC[C@@](O)(c3ccc(F)cc3)N2C(=O)C[C@@H]1c1ccccc1F. The van der Waals surface area contributed by atoms with E-state index in [9.17, 15) is 23.9 Å². The summed E-state index contributed by atoms with van der Waals surface area (Å²) in [6, 6.07) is 13.4. The summed E-state index contributed by atoms with van der Waals surface area (Å²) in [5.74, 6) is -1.93. The van der Waals surface area contributed by atoms with Crippen molar-refractivity contribution >= 4 is 17.7 Å². The third kappa shape index (κ3) is 2.73. The molecular formula is C20H14F2N2O2S. The molecule has 7 heteroatoms. The van der Waals surface area contributed by atoms with Crippen LogP contribution in [0.2, 0.25) is 0 Å². The number of carbonyl (C=O) groups is 1. The smallest absolute Gasteiger partial charge is 0.231 e. The molecule has 0 spiro atoms. The Morgan fingerprint density at radius 3 is 2.56 bits per heavy atom. The Kier molecular flexibility index (Phi) is 4.25. The fourth-order valence-corrected chi connectivity index (χ4v) is 4.94. The molecule has 0 saturated carbocycles. The summed E-state index contributed by atoms with van der Waals surface area (Å²) in [4.78, 5) is 14.1. The largest absolute Gasteiger partial charge is 0.366 e. The van der Waals surface area contributed by atoms with Gasteiger partial charge in [-0.15, -0.1) is 11.8 Å². The van der Waals surface area contributed by atoms with Crippen LogP contribution in [0.5, 0.6) is 0 Å². The molecule has 1 fully saturated rings. The van der Waals surface area contributed by atoms with Crippen molar-refractivity contribution in [3.05, 3.63) is 81.9 Å². The van der Waals surface area contributed by atoms with Crippen molar-refractivity contribution < 1.29 is 18.7 Å². The van der Waals surface area contributed by atoms with E-state index in [0.717, 1.165) is 0 Å². The van der Waals surface area contributed by atoms with E-state index >= 15 is 0 Å². The Morgan fingerprint density at radius 1 is 1.19 bits per heavy atom. The summed E-state index contributed by atoms with van der Waals surface area (Å²) in [6.45, 7) is 0. The fraction of sp³-hybridized carbons (Fsp3) is 0.200. The number of allylic oxidation sites excluding steroid dienone is 1. The molecule has 136 valence electrons. The normalized spacial score (nSPS) is 24.7. The van der Waals surface area contributed by atoms with Crippen LogP contribution in [0.1, 0.15) is 23.5 Å². The van der Waals surface area contributed by atoms with Gasteiger partial charge in [0.15, 0.2) is 5.72 Å². The highest BCUT2D eigenvalue weighted by atomic mass is 32.2. The van der Waals surface area contributed by atoms with Crippen LogP contribution >= 0.6 is 11.8 Å². The first-order chi connectivity index (χ1) is 13.0. The minimum absolute atomic E-state index is 0.106. The highest BCUT2D eigenvalue weighted by molar-refractivity contribution is 8.03. The zero-order chi connectivity index (χ0) is 19.2. The van der Waals surface area contributed by atoms with E-state index in [4.69, 9.17) is 0 Å². The lowest BCUT2D eigenvalue weighted by Gasteiger charge is -2.38. The zero-order valence-electron chi connectivity index (χ0n) is 14.0. The summed E-state index contributed by atoms with van der Waals surface area (Å²) in [5, 5.41) is 21.2. The quantitative estimate of drug-likeness (QED) is 0.859. The molecule has 1 saturated heterocycles. The maximum absolute atomic E-state index is 14.3. The first-order valence-corrected chi connectivity index (χ1v) is 9.27. The van der Waals surface area contributed by atoms with E-state index in [1.54, 1.807) is 18.2 Å². The van der Waals surface area contributed by atoms with E-state index in [2.05, 4.69) is 6.07 Å². The standard InChI is InChI=1S/C20H14F2N2O2S/c21-13-7-5-12(6-8-13)20(26)11-27-19-16(10-23)15(9-18(25)24(19)20)14-3-1-2-4-17(14)22/h1-8,15,26H,9,11H2/t15-,20-/m1/s1. The van der Waals surface area contributed by atoms with Crippen LogP contribution in [0, 0.1) is 23.0 Å². The van der Waals surface area contributed by atoms with Crippen LogP contribution in [-0.4, -0.2) is 21.7 Å². The third-order valence-corrected chi connectivity index (χ3v) is 6.12. The van der Waals surface area contributed by atoms with Crippen molar-refractivity contribution in [3.63, 3.8) is 0 Å². The molecule has 2 aliphatic rings. The number of hydrogen-bond acceptors (Lipinski definition) is 4. The van der Waals surface area contributed by atoms with Gasteiger partial charge in [0.1, 0.15) is 11.6 Å². The topological polar surface area (TPSA) is 64.3 Å². The Labute approximate surface area is 158 Å².